The molecule has 2 unspecified atom stereocenters. The number of hydrogen-bond acceptors (Lipinski definition) is 5. The highest BCUT2D eigenvalue weighted by Crippen LogP contribution is 2.31. The van der Waals surface area contributed by atoms with Crippen LogP contribution < -0.4 is 0 Å². The average molecular weight is 345 g/mol. The molecule has 0 saturated heterocycles. The molecule has 0 amide bonds. The number of pyridine rings is 1. The smallest absolute Gasteiger partial charge is 0.0947 e. The summed E-state index contributed by atoms with van der Waals surface area (Å²) in [5.74, 6) is 0. The molecule has 1 aromatic rings. The first-order chi connectivity index (χ1) is 12.2. The highest BCUT2D eigenvalue weighted by Gasteiger charge is 2.31. The summed E-state index contributed by atoms with van der Waals surface area (Å²) in [5, 5.41) is 25.9. The molecule has 5 nitrogen and oxygen atoms in total. The van der Waals surface area contributed by atoms with Crippen LogP contribution in [0.1, 0.15) is 51.8 Å². The Morgan fingerprint density at radius 2 is 2.20 bits per heavy atom. The van der Waals surface area contributed by atoms with E-state index in [1.54, 1.807) is 6.20 Å². The lowest BCUT2D eigenvalue weighted by Crippen LogP contribution is -2.23. The summed E-state index contributed by atoms with van der Waals surface area (Å²) in [4.78, 5) is 4.39. The summed E-state index contributed by atoms with van der Waals surface area (Å²) in [6, 6.07) is 5.76. The van der Waals surface area contributed by atoms with Crippen molar-refractivity contribution in [3.05, 3.63) is 54.4 Å². The van der Waals surface area contributed by atoms with Crippen LogP contribution in [0.4, 0.5) is 0 Å². The maximum atomic E-state index is 10.3. The van der Waals surface area contributed by atoms with Crippen LogP contribution in [0, 0.1) is 0 Å². The van der Waals surface area contributed by atoms with E-state index in [1.807, 2.05) is 56.1 Å². The number of nitrogens with zero attached hydrogens (tertiary/aromatic N) is 3. The molecule has 0 bridgehead atoms. The zero-order valence-corrected chi connectivity index (χ0v) is 15.6. The van der Waals surface area contributed by atoms with Crippen LogP contribution in [0.5, 0.6) is 0 Å². The maximum Gasteiger partial charge on any atom is 0.0947 e. The zero-order valence-electron chi connectivity index (χ0n) is 15.6. The lowest BCUT2D eigenvalue weighted by Gasteiger charge is -2.21. The Bertz CT molecular complexity index is 570. The molecule has 0 fully saturated rings. The van der Waals surface area contributed by atoms with E-state index in [2.05, 4.69) is 16.7 Å². The lowest BCUT2D eigenvalue weighted by molar-refractivity contribution is 0.170. The van der Waals surface area contributed by atoms with Gasteiger partial charge in [0.1, 0.15) is 0 Å². The van der Waals surface area contributed by atoms with E-state index in [1.165, 1.54) is 0 Å². The second-order valence-corrected chi connectivity index (χ2v) is 5.60. The molecule has 2 rings (SSSR count). The van der Waals surface area contributed by atoms with Gasteiger partial charge in [0.15, 0.2) is 0 Å². The molecule has 1 aliphatic heterocycles. The van der Waals surface area contributed by atoms with Gasteiger partial charge in [-0.15, -0.1) is 0 Å². The summed E-state index contributed by atoms with van der Waals surface area (Å²) in [7, 11) is 0. The van der Waals surface area contributed by atoms with Crippen LogP contribution in [-0.2, 0) is 0 Å². The second-order valence-electron chi connectivity index (χ2n) is 5.60. The molecule has 2 atom stereocenters. The van der Waals surface area contributed by atoms with Gasteiger partial charge in [0.05, 0.1) is 36.7 Å². The second kappa shape index (κ2) is 11.6. The van der Waals surface area contributed by atoms with E-state index in [0.29, 0.717) is 25.0 Å². The predicted octanol–water partition coefficient (Wildman–Crippen LogP) is 3.48. The van der Waals surface area contributed by atoms with Crippen molar-refractivity contribution in [1.82, 2.24) is 9.99 Å². The van der Waals surface area contributed by atoms with Crippen molar-refractivity contribution in [1.29, 1.82) is 0 Å². The number of hydrogen-bond donors (Lipinski definition) is 2. The Kier molecular flexibility index (Phi) is 9.73. The molecule has 0 radical (unpaired) electrons. The molecule has 138 valence electrons. The number of β-amino-alcohol motifs (C(OH)–C–C–N with tert-alkyl or cyclic N) is 1. The van der Waals surface area contributed by atoms with Crippen molar-refractivity contribution in [2.75, 3.05) is 13.2 Å². The fourth-order valence-electron chi connectivity index (χ4n) is 2.68. The molecular weight excluding hydrogens is 314 g/mol. The molecule has 0 saturated carbocycles. The van der Waals surface area contributed by atoms with Crippen molar-refractivity contribution in [3.63, 3.8) is 0 Å². The van der Waals surface area contributed by atoms with Crippen molar-refractivity contribution in [3.8, 4) is 0 Å². The van der Waals surface area contributed by atoms with E-state index in [0.717, 1.165) is 17.8 Å². The van der Waals surface area contributed by atoms with Gasteiger partial charge in [-0.3, -0.25) is 9.99 Å². The number of rotatable bonds is 8. The maximum absolute atomic E-state index is 10.3. The van der Waals surface area contributed by atoms with Gasteiger partial charge in [0, 0.05) is 12.6 Å². The van der Waals surface area contributed by atoms with E-state index in [-0.39, 0.29) is 12.6 Å². The number of aliphatic hydroxyl groups excluding tert-OH is 2. The molecule has 2 heterocycles. The van der Waals surface area contributed by atoms with Crippen LogP contribution in [0.25, 0.3) is 0 Å². The summed E-state index contributed by atoms with van der Waals surface area (Å²) >= 11 is 0. The van der Waals surface area contributed by atoms with Crippen LogP contribution in [-0.4, -0.2) is 45.2 Å². The first-order valence-corrected chi connectivity index (χ1v) is 9.01. The molecule has 1 aromatic heterocycles. The monoisotopic (exact) mass is 345 g/mol. The molecule has 5 heteroatoms. The van der Waals surface area contributed by atoms with Crippen LogP contribution >= 0.6 is 0 Å². The van der Waals surface area contributed by atoms with Gasteiger partial charge in [-0.2, -0.15) is 5.10 Å². The third-order valence-electron chi connectivity index (χ3n) is 3.97. The lowest BCUT2D eigenvalue weighted by atomic mass is 9.97. The minimum atomic E-state index is -0.594. The first-order valence-electron chi connectivity index (χ1n) is 9.01. The first kappa shape index (κ1) is 21.1. The quantitative estimate of drug-likeness (QED) is 0.708. The van der Waals surface area contributed by atoms with Gasteiger partial charge in [-0.25, -0.2) is 0 Å². The van der Waals surface area contributed by atoms with Crippen molar-refractivity contribution in [2.24, 2.45) is 5.10 Å². The van der Waals surface area contributed by atoms with Crippen LogP contribution in [0.15, 0.2) is 53.8 Å². The molecule has 0 aromatic carbocycles. The molecule has 0 aliphatic carbocycles. The Morgan fingerprint density at radius 3 is 2.80 bits per heavy atom. The molecular formula is C20H31N3O2. The fourth-order valence-corrected chi connectivity index (χ4v) is 2.68. The van der Waals surface area contributed by atoms with Gasteiger partial charge in [0.25, 0.3) is 0 Å². The Labute approximate surface area is 151 Å². The molecule has 25 heavy (non-hydrogen) atoms. The Morgan fingerprint density at radius 1 is 1.44 bits per heavy atom. The van der Waals surface area contributed by atoms with E-state index < -0.39 is 6.10 Å². The zero-order chi connectivity index (χ0) is 18.7. The number of aromatic nitrogens is 1. The molecule has 0 spiro atoms. The molecule has 1 aliphatic rings. The summed E-state index contributed by atoms with van der Waals surface area (Å²) < 4.78 is 0. The Balaban J connectivity index is 0.00000151. The normalized spacial score (nSPS) is 17.9. The van der Waals surface area contributed by atoms with E-state index in [9.17, 15) is 10.2 Å². The minimum absolute atomic E-state index is 0.0159. The number of aliphatic hydroxyl groups is 2. The third kappa shape index (κ3) is 6.11. The summed E-state index contributed by atoms with van der Waals surface area (Å²) in [5.41, 5.74) is 2.37. The highest BCUT2D eigenvalue weighted by atomic mass is 16.3. The topological polar surface area (TPSA) is 69.0 Å². The largest absolute Gasteiger partial charge is 0.394 e. The van der Waals surface area contributed by atoms with Crippen molar-refractivity contribution in [2.45, 2.75) is 52.2 Å². The van der Waals surface area contributed by atoms with Gasteiger partial charge in [-0.1, -0.05) is 38.6 Å². The predicted molar refractivity (Wildman–Crippen MR) is 103 cm³/mol. The number of hydrazone groups is 1. The van der Waals surface area contributed by atoms with Gasteiger partial charge in [-0.05, 0) is 37.5 Å². The standard InChI is InChI=1S/C18H25N3O2.C2H6/c1-3-4-5-9-18(23)14(2)16-13-17(21(20-16)11-12-22)15-8-6-7-10-19-15;1-2/h3-4,6-8,10,17-18,22-23H,2,5,9,11-13H2,1H3;1-2H3/b4-3-;. The average Bonchev–Trinajstić information content (AvgIpc) is 3.08. The molecule has 2 N–H and O–H groups in total. The fraction of sp³-hybridized carbons (Fsp3) is 0.500. The number of allylic oxidation sites excluding steroid dienone is 2. The van der Waals surface area contributed by atoms with E-state index in [4.69, 9.17) is 0 Å². The van der Waals surface area contributed by atoms with Crippen LogP contribution in [0.2, 0.25) is 0 Å². The summed E-state index contributed by atoms with van der Waals surface area (Å²) in [6.45, 7) is 10.4. The van der Waals surface area contributed by atoms with E-state index >= 15 is 0 Å². The van der Waals surface area contributed by atoms with Gasteiger partial charge >= 0.3 is 0 Å². The van der Waals surface area contributed by atoms with Gasteiger partial charge in [0.2, 0.25) is 0 Å². The highest BCUT2D eigenvalue weighted by molar-refractivity contribution is 6.01. The SMILES string of the molecule is C=C(C1=NN(CCO)C(c2ccccn2)C1)C(O)CC/C=C\C.CC. The Hall–Kier alpha value is -1.98. The van der Waals surface area contributed by atoms with Crippen LogP contribution in [0.3, 0.4) is 0 Å². The van der Waals surface area contributed by atoms with Crippen molar-refractivity contribution < 1.29 is 10.2 Å². The van der Waals surface area contributed by atoms with Crippen molar-refractivity contribution >= 4 is 5.71 Å². The minimum Gasteiger partial charge on any atom is -0.394 e. The third-order valence-corrected chi connectivity index (χ3v) is 3.97. The summed E-state index contributed by atoms with van der Waals surface area (Å²) in [6.07, 6.45) is 7.26. The van der Waals surface area contributed by atoms with Gasteiger partial charge < -0.3 is 10.2 Å².